The Morgan fingerprint density at radius 1 is 1.18 bits per heavy atom. The van der Waals surface area contributed by atoms with Crippen molar-refractivity contribution in [2.24, 2.45) is 10.7 Å². The fourth-order valence-electron chi connectivity index (χ4n) is 2.45. The first kappa shape index (κ1) is 19.4. The molecule has 0 saturated carbocycles. The monoisotopic (exact) mass is 399 g/mol. The van der Waals surface area contributed by atoms with Crippen LogP contribution in [0.5, 0.6) is 11.5 Å². The number of amides is 1. The van der Waals surface area contributed by atoms with E-state index in [2.05, 4.69) is 4.99 Å². The first-order valence-electron chi connectivity index (χ1n) is 8.37. The highest BCUT2D eigenvalue weighted by molar-refractivity contribution is 8.18. The predicted octanol–water partition coefficient (Wildman–Crippen LogP) is 3.50. The van der Waals surface area contributed by atoms with Crippen molar-refractivity contribution in [1.82, 2.24) is 0 Å². The second kappa shape index (κ2) is 8.57. The standard InChI is InChI=1S/C19H17N3O5S/c1-2-26-16-9-13(10-17-18(23)21-19(20)28-17)5-8-15(16)27-11-12-3-6-14(7-4-12)22(24)25/h3-10H,2,11H2,1H3,(H2,20,21,23)/b17-10-. The van der Waals surface area contributed by atoms with Crippen LogP contribution < -0.4 is 15.2 Å². The number of thioether (sulfide) groups is 1. The number of rotatable bonds is 7. The van der Waals surface area contributed by atoms with E-state index in [-0.39, 0.29) is 23.4 Å². The highest BCUT2D eigenvalue weighted by atomic mass is 32.2. The van der Waals surface area contributed by atoms with Gasteiger partial charge in [-0.2, -0.15) is 4.99 Å². The predicted molar refractivity (Wildman–Crippen MR) is 107 cm³/mol. The van der Waals surface area contributed by atoms with Crippen molar-refractivity contribution in [2.75, 3.05) is 6.61 Å². The van der Waals surface area contributed by atoms with E-state index in [1.54, 1.807) is 36.4 Å². The number of hydrogen-bond donors (Lipinski definition) is 1. The van der Waals surface area contributed by atoms with Gasteiger partial charge in [0, 0.05) is 12.1 Å². The van der Waals surface area contributed by atoms with Crippen LogP contribution >= 0.6 is 11.8 Å². The second-order valence-electron chi connectivity index (χ2n) is 5.72. The molecule has 0 fully saturated rings. The van der Waals surface area contributed by atoms with Gasteiger partial charge in [-0.25, -0.2) is 0 Å². The number of aliphatic imine (C=N–C) groups is 1. The number of nitro groups is 1. The number of hydrogen-bond acceptors (Lipinski definition) is 7. The fraction of sp³-hybridized carbons (Fsp3) is 0.158. The molecule has 8 nitrogen and oxygen atoms in total. The number of amidine groups is 1. The van der Waals surface area contributed by atoms with Crippen LogP contribution in [-0.2, 0) is 11.4 Å². The van der Waals surface area contributed by atoms with E-state index in [0.717, 1.165) is 22.9 Å². The molecule has 9 heteroatoms. The molecule has 1 amide bonds. The van der Waals surface area contributed by atoms with Gasteiger partial charge in [0.1, 0.15) is 6.61 Å². The summed E-state index contributed by atoms with van der Waals surface area (Å²) in [6.45, 7) is 2.53. The van der Waals surface area contributed by atoms with Crippen molar-refractivity contribution >= 4 is 34.6 Å². The van der Waals surface area contributed by atoms with Gasteiger partial charge in [-0.05, 0) is 60.2 Å². The minimum Gasteiger partial charge on any atom is -0.490 e. The van der Waals surface area contributed by atoms with Gasteiger partial charge >= 0.3 is 0 Å². The van der Waals surface area contributed by atoms with E-state index in [1.165, 1.54) is 12.1 Å². The van der Waals surface area contributed by atoms with Gasteiger partial charge in [0.2, 0.25) is 0 Å². The largest absolute Gasteiger partial charge is 0.490 e. The molecule has 28 heavy (non-hydrogen) atoms. The molecule has 2 aromatic rings. The molecule has 1 heterocycles. The lowest BCUT2D eigenvalue weighted by Gasteiger charge is -2.13. The van der Waals surface area contributed by atoms with Crippen molar-refractivity contribution < 1.29 is 19.2 Å². The molecule has 2 aromatic carbocycles. The van der Waals surface area contributed by atoms with Crippen molar-refractivity contribution in [2.45, 2.75) is 13.5 Å². The van der Waals surface area contributed by atoms with E-state index < -0.39 is 4.92 Å². The number of carbonyl (C=O) groups is 1. The Kier molecular flexibility index (Phi) is 5.95. The van der Waals surface area contributed by atoms with Crippen molar-refractivity contribution in [3.05, 3.63) is 68.6 Å². The average Bonchev–Trinajstić information content (AvgIpc) is 2.98. The lowest BCUT2D eigenvalue weighted by Crippen LogP contribution is -2.01. The van der Waals surface area contributed by atoms with Gasteiger partial charge < -0.3 is 15.2 Å². The SMILES string of the molecule is CCOc1cc(/C=C2\SC(N)=NC2=O)ccc1OCc1ccc([N+](=O)[O-])cc1. The van der Waals surface area contributed by atoms with Gasteiger partial charge in [0.25, 0.3) is 11.6 Å². The van der Waals surface area contributed by atoms with E-state index >= 15 is 0 Å². The number of nitro benzene ring substituents is 1. The van der Waals surface area contributed by atoms with E-state index in [0.29, 0.717) is 23.0 Å². The molecule has 3 rings (SSSR count). The number of benzene rings is 2. The maximum atomic E-state index is 11.7. The average molecular weight is 399 g/mol. The molecule has 0 radical (unpaired) electrons. The summed E-state index contributed by atoms with van der Waals surface area (Å²) < 4.78 is 11.4. The van der Waals surface area contributed by atoms with E-state index in [9.17, 15) is 14.9 Å². The highest BCUT2D eigenvalue weighted by Crippen LogP contribution is 2.32. The van der Waals surface area contributed by atoms with Crippen LogP contribution in [0.25, 0.3) is 6.08 Å². The third-order valence-electron chi connectivity index (χ3n) is 3.74. The Morgan fingerprint density at radius 3 is 2.54 bits per heavy atom. The molecular weight excluding hydrogens is 382 g/mol. The lowest BCUT2D eigenvalue weighted by atomic mass is 10.1. The Hall–Kier alpha value is -3.33. The van der Waals surface area contributed by atoms with Crippen molar-refractivity contribution in [1.29, 1.82) is 0 Å². The number of non-ortho nitro benzene ring substituents is 1. The molecule has 0 aromatic heterocycles. The molecule has 0 bridgehead atoms. The summed E-state index contributed by atoms with van der Waals surface area (Å²) in [7, 11) is 0. The van der Waals surface area contributed by atoms with Crippen molar-refractivity contribution in [3.63, 3.8) is 0 Å². The summed E-state index contributed by atoms with van der Waals surface area (Å²) in [5.41, 5.74) is 7.14. The molecule has 0 atom stereocenters. The molecule has 1 aliphatic heterocycles. The fourth-order valence-corrected chi connectivity index (χ4v) is 3.14. The van der Waals surface area contributed by atoms with Gasteiger partial charge in [-0.1, -0.05) is 6.07 Å². The van der Waals surface area contributed by atoms with Crippen LogP contribution in [0.3, 0.4) is 0 Å². The maximum Gasteiger partial charge on any atom is 0.286 e. The molecule has 0 saturated heterocycles. The van der Waals surface area contributed by atoms with Crippen LogP contribution in [0, 0.1) is 10.1 Å². The third kappa shape index (κ3) is 4.68. The van der Waals surface area contributed by atoms with E-state index in [4.69, 9.17) is 15.2 Å². The summed E-state index contributed by atoms with van der Waals surface area (Å²) in [6, 6.07) is 11.5. The van der Waals surface area contributed by atoms with Gasteiger partial charge in [0.05, 0.1) is 16.4 Å². The van der Waals surface area contributed by atoms with Crippen LogP contribution in [-0.4, -0.2) is 22.6 Å². The number of nitrogens with two attached hydrogens (primary N) is 1. The van der Waals surface area contributed by atoms with Gasteiger partial charge in [-0.15, -0.1) is 0 Å². The maximum absolute atomic E-state index is 11.7. The first-order valence-corrected chi connectivity index (χ1v) is 9.19. The summed E-state index contributed by atoms with van der Waals surface area (Å²) >= 11 is 1.12. The Labute approximate surface area is 165 Å². The van der Waals surface area contributed by atoms with Crippen LogP contribution in [0.1, 0.15) is 18.1 Å². The second-order valence-corrected chi connectivity index (χ2v) is 6.78. The molecule has 1 aliphatic rings. The first-order chi connectivity index (χ1) is 13.5. The number of ether oxygens (including phenoxy) is 2. The van der Waals surface area contributed by atoms with Crippen molar-refractivity contribution in [3.8, 4) is 11.5 Å². The summed E-state index contributed by atoms with van der Waals surface area (Å²) in [6.07, 6.45) is 1.69. The molecule has 0 spiro atoms. The lowest BCUT2D eigenvalue weighted by molar-refractivity contribution is -0.384. The molecule has 0 unspecified atom stereocenters. The zero-order valence-corrected chi connectivity index (χ0v) is 15.8. The zero-order chi connectivity index (χ0) is 20.1. The Bertz CT molecular complexity index is 970. The quantitative estimate of drug-likeness (QED) is 0.430. The molecular formula is C19H17N3O5S. The summed E-state index contributed by atoms with van der Waals surface area (Å²) in [5.74, 6) is 0.700. The van der Waals surface area contributed by atoms with Crippen LogP contribution in [0.2, 0.25) is 0 Å². The molecule has 0 aliphatic carbocycles. The summed E-state index contributed by atoms with van der Waals surface area (Å²) in [4.78, 5) is 26.1. The minimum atomic E-state index is -0.447. The van der Waals surface area contributed by atoms with E-state index in [1.807, 2.05) is 6.92 Å². The van der Waals surface area contributed by atoms with Gasteiger partial charge in [0.15, 0.2) is 16.7 Å². The number of carbonyl (C=O) groups excluding carboxylic acids is 1. The third-order valence-corrected chi connectivity index (χ3v) is 4.56. The smallest absolute Gasteiger partial charge is 0.286 e. The van der Waals surface area contributed by atoms with Gasteiger partial charge in [-0.3, -0.25) is 14.9 Å². The molecule has 144 valence electrons. The number of nitrogens with zero attached hydrogens (tertiary/aromatic N) is 2. The normalized spacial score (nSPS) is 14.8. The highest BCUT2D eigenvalue weighted by Gasteiger charge is 2.19. The zero-order valence-electron chi connectivity index (χ0n) is 15.0. The van der Waals surface area contributed by atoms with Crippen LogP contribution in [0.4, 0.5) is 5.69 Å². The van der Waals surface area contributed by atoms with Crippen LogP contribution in [0.15, 0.2) is 52.4 Å². The summed E-state index contributed by atoms with van der Waals surface area (Å²) in [5, 5.41) is 10.9. The topological polar surface area (TPSA) is 117 Å². The Morgan fingerprint density at radius 2 is 1.93 bits per heavy atom. The Balaban J connectivity index is 1.75. The minimum absolute atomic E-state index is 0.0279. The molecule has 2 N–H and O–H groups in total.